The van der Waals surface area contributed by atoms with Crippen LogP contribution < -0.4 is 9.64 Å². The van der Waals surface area contributed by atoms with E-state index in [1.807, 2.05) is 72.8 Å². The number of imide groups is 1. The lowest BCUT2D eigenvalue weighted by atomic mass is 9.99. The third-order valence-electron chi connectivity index (χ3n) is 6.50. The van der Waals surface area contributed by atoms with Crippen molar-refractivity contribution in [1.29, 1.82) is 0 Å². The first kappa shape index (κ1) is 23.1. The molecule has 2 heterocycles. The number of hydrogen-bond acceptors (Lipinski definition) is 5. The second kappa shape index (κ2) is 9.99. The van der Waals surface area contributed by atoms with Crippen molar-refractivity contribution >= 4 is 29.3 Å². The van der Waals surface area contributed by atoms with Crippen molar-refractivity contribution in [3.05, 3.63) is 131 Å². The third kappa shape index (κ3) is 4.63. The first-order valence-electron chi connectivity index (χ1n) is 12.2. The van der Waals surface area contributed by atoms with Crippen LogP contribution >= 0.6 is 11.8 Å². The lowest BCUT2D eigenvalue weighted by Crippen LogP contribution is -2.37. The highest BCUT2D eigenvalue weighted by molar-refractivity contribution is 8.04. The zero-order valence-electron chi connectivity index (χ0n) is 20.0. The Labute approximate surface area is 220 Å². The Morgan fingerprint density at radius 1 is 0.649 bits per heavy atom. The second-order valence-electron chi connectivity index (χ2n) is 8.89. The average molecular weight is 505 g/mol. The molecule has 0 unspecified atom stereocenters. The molecule has 2 aliphatic rings. The van der Waals surface area contributed by atoms with Crippen molar-refractivity contribution in [3.8, 4) is 11.5 Å². The third-order valence-corrected chi connectivity index (χ3v) is 7.58. The summed E-state index contributed by atoms with van der Waals surface area (Å²) in [5.74, 6) is 0.761. The van der Waals surface area contributed by atoms with Crippen molar-refractivity contribution in [3.63, 3.8) is 0 Å². The maximum Gasteiger partial charge on any atom is 0.283 e. The number of anilines is 1. The topological polar surface area (TPSA) is 49.9 Å². The van der Waals surface area contributed by atoms with Gasteiger partial charge in [-0.05, 0) is 66.1 Å². The van der Waals surface area contributed by atoms with Crippen LogP contribution in [-0.2, 0) is 22.6 Å². The number of benzene rings is 4. The summed E-state index contributed by atoms with van der Waals surface area (Å²) >= 11 is 1.35. The van der Waals surface area contributed by atoms with Crippen LogP contribution in [0.4, 0.5) is 5.69 Å². The van der Waals surface area contributed by atoms with Crippen LogP contribution in [0.15, 0.2) is 125 Å². The number of carbonyl (C=O) groups is 2. The molecule has 182 valence electrons. The molecule has 2 amide bonds. The minimum atomic E-state index is -0.301. The Morgan fingerprint density at radius 2 is 1.27 bits per heavy atom. The predicted octanol–water partition coefficient (Wildman–Crippen LogP) is 6.41. The normalized spacial score (nSPS) is 15.2. The molecule has 0 radical (unpaired) electrons. The summed E-state index contributed by atoms with van der Waals surface area (Å²) < 4.78 is 5.89. The number of hydrogen-bond donors (Lipinski definition) is 0. The molecule has 0 bridgehead atoms. The zero-order valence-corrected chi connectivity index (χ0v) is 20.9. The lowest BCUT2D eigenvalue weighted by Gasteiger charge is -2.31. The van der Waals surface area contributed by atoms with Crippen LogP contribution in [0.2, 0.25) is 0 Å². The summed E-state index contributed by atoms with van der Waals surface area (Å²) in [6.07, 6.45) is 0.829. The summed E-state index contributed by atoms with van der Waals surface area (Å²) in [7, 11) is 0. The largest absolute Gasteiger partial charge is 0.457 e. The molecule has 6 heteroatoms. The summed E-state index contributed by atoms with van der Waals surface area (Å²) in [6.45, 7) is 1.28. The van der Waals surface area contributed by atoms with Crippen molar-refractivity contribution in [1.82, 2.24) is 4.90 Å². The maximum atomic E-state index is 13.9. The predicted molar refractivity (Wildman–Crippen MR) is 145 cm³/mol. The number of ether oxygens (including phenoxy) is 1. The first-order valence-corrected chi connectivity index (χ1v) is 13.0. The van der Waals surface area contributed by atoms with Crippen LogP contribution in [-0.4, -0.2) is 23.3 Å². The number of thioether (sulfide) groups is 1. The van der Waals surface area contributed by atoms with Gasteiger partial charge in [-0.15, -0.1) is 0 Å². The van der Waals surface area contributed by atoms with E-state index in [0.29, 0.717) is 35.1 Å². The zero-order chi connectivity index (χ0) is 25.2. The smallest absolute Gasteiger partial charge is 0.283 e. The highest BCUT2D eigenvalue weighted by Crippen LogP contribution is 2.40. The van der Waals surface area contributed by atoms with E-state index in [9.17, 15) is 9.59 Å². The number of fused-ring (bicyclic) bond motifs is 1. The van der Waals surface area contributed by atoms with Gasteiger partial charge in [-0.1, -0.05) is 72.4 Å². The average Bonchev–Trinajstić information content (AvgIpc) is 3.18. The Morgan fingerprint density at radius 3 is 2.00 bits per heavy atom. The molecule has 37 heavy (non-hydrogen) atoms. The fourth-order valence-electron chi connectivity index (χ4n) is 4.68. The van der Waals surface area contributed by atoms with Crippen LogP contribution in [0, 0.1) is 0 Å². The molecule has 2 aliphatic heterocycles. The molecule has 4 aromatic rings. The van der Waals surface area contributed by atoms with E-state index in [0.717, 1.165) is 17.1 Å². The summed E-state index contributed by atoms with van der Waals surface area (Å²) in [5.41, 5.74) is 3.47. The molecule has 0 atom stereocenters. The molecule has 0 aromatic heterocycles. The Kier molecular flexibility index (Phi) is 6.25. The molecule has 4 aromatic carbocycles. The van der Waals surface area contributed by atoms with Gasteiger partial charge in [-0.3, -0.25) is 9.59 Å². The van der Waals surface area contributed by atoms with Gasteiger partial charge in [0.25, 0.3) is 11.8 Å². The van der Waals surface area contributed by atoms with Gasteiger partial charge in [0.05, 0.1) is 5.69 Å². The van der Waals surface area contributed by atoms with Crippen LogP contribution in [0.1, 0.15) is 11.1 Å². The number of nitrogens with zero attached hydrogens (tertiary/aromatic N) is 2. The number of amides is 2. The number of carbonyl (C=O) groups excluding carboxylic acids is 2. The Hall–Kier alpha value is -4.29. The standard InChI is InChI=1S/C31H24N2O3S/c34-30-28(32-20-19-22-9-7-8-10-23(22)21-32)29(37-27-13-5-2-6-14-27)31(35)33(30)24-15-17-26(18-16-24)36-25-11-3-1-4-12-25/h1-18H,19-21H2. The van der Waals surface area contributed by atoms with Crippen molar-refractivity contribution in [2.24, 2.45) is 0 Å². The minimum absolute atomic E-state index is 0.292. The molecule has 0 aliphatic carbocycles. The summed E-state index contributed by atoms with van der Waals surface area (Å²) in [4.78, 5) is 32.3. The van der Waals surface area contributed by atoms with E-state index in [2.05, 4.69) is 17.0 Å². The molecule has 5 nitrogen and oxygen atoms in total. The van der Waals surface area contributed by atoms with Gasteiger partial charge < -0.3 is 9.64 Å². The van der Waals surface area contributed by atoms with E-state index in [-0.39, 0.29) is 11.8 Å². The van der Waals surface area contributed by atoms with Gasteiger partial charge in [0.15, 0.2) is 0 Å². The van der Waals surface area contributed by atoms with E-state index in [4.69, 9.17) is 4.74 Å². The fraction of sp³-hybridized carbons (Fsp3) is 0.0968. The lowest BCUT2D eigenvalue weighted by molar-refractivity contribution is -0.121. The van der Waals surface area contributed by atoms with Crippen LogP contribution in [0.5, 0.6) is 11.5 Å². The highest BCUT2D eigenvalue weighted by Gasteiger charge is 2.43. The van der Waals surface area contributed by atoms with E-state index >= 15 is 0 Å². The summed E-state index contributed by atoms with van der Waals surface area (Å²) in [6, 6.07) is 34.6. The molecular weight excluding hydrogens is 480 g/mol. The minimum Gasteiger partial charge on any atom is -0.457 e. The SMILES string of the molecule is O=C1C(Sc2ccccc2)=C(N2CCc3ccccc3C2)C(=O)N1c1ccc(Oc2ccccc2)cc1. The quantitative estimate of drug-likeness (QED) is 0.284. The van der Waals surface area contributed by atoms with Gasteiger partial charge in [0.2, 0.25) is 0 Å². The number of para-hydroxylation sites is 1. The molecule has 0 spiro atoms. The Balaban J connectivity index is 1.32. The second-order valence-corrected chi connectivity index (χ2v) is 9.97. The molecule has 0 saturated heterocycles. The molecule has 0 saturated carbocycles. The van der Waals surface area contributed by atoms with Crippen molar-refractivity contribution in [2.45, 2.75) is 17.9 Å². The maximum absolute atomic E-state index is 13.9. The van der Waals surface area contributed by atoms with Crippen molar-refractivity contribution in [2.75, 3.05) is 11.4 Å². The highest BCUT2D eigenvalue weighted by atomic mass is 32.2. The van der Waals surface area contributed by atoms with Gasteiger partial charge >= 0.3 is 0 Å². The van der Waals surface area contributed by atoms with Gasteiger partial charge in [0, 0.05) is 18.0 Å². The first-order chi connectivity index (χ1) is 18.2. The van der Waals surface area contributed by atoms with Crippen LogP contribution in [0.25, 0.3) is 0 Å². The van der Waals surface area contributed by atoms with E-state index in [1.165, 1.54) is 27.8 Å². The molecule has 0 fully saturated rings. The number of rotatable bonds is 6. The van der Waals surface area contributed by atoms with E-state index in [1.54, 1.807) is 24.3 Å². The summed E-state index contributed by atoms with van der Waals surface area (Å²) in [5, 5.41) is 0. The molecule has 0 N–H and O–H groups in total. The van der Waals surface area contributed by atoms with Crippen LogP contribution in [0.3, 0.4) is 0 Å². The van der Waals surface area contributed by atoms with E-state index < -0.39 is 0 Å². The fourth-order valence-corrected chi connectivity index (χ4v) is 5.70. The molecular formula is C31H24N2O3S. The monoisotopic (exact) mass is 504 g/mol. The van der Waals surface area contributed by atoms with Gasteiger partial charge in [-0.25, -0.2) is 4.90 Å². The Bertz CT molecular complexity index is 1480. The molecule has 6 rings (SSSR count). The van der Waals surface area contributed by atoms with Gasteiger partial charge in [0.1, 0.15) is 22.1 Å². The van der Waals surface area contributed by atoms with Crippen molar-refractivity contribution < 1.29 is 14.3 Å². The van der Waals surface area contributed by atoms with Gasteiger partial charge in [-0.2, -0.15) is 0 Å².